The highest BCUT2D eigenvalue weighted by Crippen LogP contribution is 2.23. The first-order valence-corrected chi connectivity index (χ1v) is 8.64. The van der Waals surface area contributed by atoms with E-state index >= 15 is 0 Å². The van der Waals surface area contributed by atoms with Crippen molar-refractivity contribution in [3.8, 4) is 0 Å². The van der Waals surface area contributed by atoms with E-state index in [0.717, 1.165) is 24.2 Å². The van der Waals surface area contributed by atoms with Gasteiger partial charge in [-0.25, -0.2) is 0 Å². The van der Waals surface area contributed by atoms with Crippen LogP contribution in [0.3, 0.4) is 0 Å². The van der Waals surface area contributed by atoms with E-state index in [1.165, 1.54) is 17.3 Å². The number of carboxylic acid groups (broad SMARTS) is 1. The fourth-order valence-electron chi connectivity index (χ4n) is 2.09. The Bertz CT molecular complexity index is 420. The van der Waals surface area contributed by atoms with Crippen LogP contribution in [0.5, 0.6) is 0 Å². The molecular formula is C14H19NO2S2. The van der Waals surface area contributed by atoms with Crippen LogP contribution in [-0.2, 0) is 17.8 Å². The van der Waals surface area contributed by atoms with Crippen molar-refractivity contribution in [2.75, 3.05) is 23.8 Å². The summed E-state index contributed by atoms with van der Waals surface area (Å²) in [5.41, 5.74) is 2.01. The van der Waals surface area contributed by atoms with Crippen molar-refractivity contribution in [2.45, 2.75) is 18.2 Å². The molecule has 1 aromatic carbocycles. The van der Waals surface area contributed by atoms with Gasteiger partial charge in [-0.1, -0.05) is 24.3 Å². The molecule has 1 aliphatic rings. The molecule has 19 heavy (non-hydrogen) atoms. The van der Waals surface area contributed by atoms with Gasteiger partial charge in [-0.05, 0) is 11.1 Å². The minimum Gasteiger partial charge on any atom is -0.481 e. The largest absolute Gasteiger partial charge is 0.481 e. The summed E-state index contributed by atoms with van der Waals surface area (Å²) in [5, 5.41) is 13.0. The lowest BCUT2D eigenvalue weighted by Crippen LogP contribution is -2.29. The van der Waals surface area contributed by atoms with Crippen molar-refractivity contribution < 1.29 is 9.90 Å². The number of benzene rings is 1. The smallest absolute Gasteiger partial charge is 0.307 e. The summed E-state index contributed by atoms with van der Waals surface area (Å²) >= 11 is 4.06. The van der Waals surface area contributed by atoms with Crippen LogP contribution in [-0.4, -0.2) is 40.1 Å². The summed E-state index contributed by atoms with van der Waals surface area (Å²) in [5.74, 6) is 2.95. The Morgan fingerprint density at radius 3 is 2.79 bits per heavy atom. The van der Waals surface area contributed by atoms with Crippen molar-refractivity contribution in [1.29, 1.82) is 0 Å². The van der Waals surface area contributed by atoms with E-state index in [9.17, 15) is 4.79 Å². The van der Waals surface area contributed by atoms with Gasteiger partial charge in [-0.15, -0.1) is 0 Å². The molecule has 0 saturated carbocycles. The van der Waals surface area contributed by atoms with Gasteiger partial charge in [0.1, 0.15) is 0 Å². The van der Waals surface area contributed by atoms with E-state index in [1.54, 1.807) is 0 Å². The van der Waals surface area contributed by atoms with Gasteiger partial charge in [-0.3, -0.25) is 4.79 Å². The second-order valence-corrected chi connectivity index (χ2v) is 7.10. The van der Waals surface area contributed by atoms with Crippen LogP contribution < -0.4 is 5.32 Å². The summed E-state index contributed by atoms with van der Waals surface area (Å²) in [6.45, 7) is 1.75. The predicted octanol–water partition coefficient (Wildman–Crippen LogP) is 2.25. The molecule has 1 heterocycles. The zero-order chi connectivity index (χ0) is 13.5. The molecule has 0 aromatic heterocycles. The molecule has 1 fully saturated rings. The van der Waals surface area contributed by atoms with E-state index < -0.39 is 5.97 Å². The monoisotopic (exact) mass is 297 g/mol. The molecule has 1 atom stereocenters. The molecule has 3 nitrogen and oxygen atoms in total. The van der Waals surface area contributed by atoms with E-state index in [1.807, 2.05) is 47.8 Å². The number of carboxylic acids is 1. The first-order valence-electron chi connectivity index (χ1n) is 6.44. The van der Waals surface area contributed by atoms with Gasteiger partial charge in [0.05, 0.1) is 6.42 Å². The Morgan fingerprint density at radius 2 is 2.11 bits per heavy atom. The SMILES string of the molecule is O=C(O)Cc1ccccc1CNCC1CSCCS1. The standard InChI is InChI=1S/C14H19NO2S2/c16-14(17)7-11-3-1-2-4-12(11)8-15-9-13-10-18-5-6-19-13/h1-4,13,15H,5-10H2,(H,16,17). The first kappa shape index (κ1) is 14.8. The molecule has 0 amide bonds. The first-order chi connectivity index (χ1) is 9.25. The van der Waals surface area contributed by atoms with Crippen LogP contribution in [0, 0.1) is 0 Å². The van der Waals surface area contributed by atoms with Gasteiger partial charge in [-0.2, -0.15) is 23.5 Å². The molecule has 0 bridgehead atoms. The van der Waals surface area contributed by atoms with E-state index in [4.69, 9.17) is 5.11 Å². The minimum atomic E-state index is -0.772. The molecule has 1 aliphatic heterocycles. The van der Waals surface area contributed by atoms with Crippen LogP contribution in [0.2, 0.25) is 0 Å². The highest BCUT2D eigenvalue weighted by molar-refractivity contribution is 8.06. The van der Waals surface area contributed by atoms with Gasteiger partial charge in [0, 0.05) is 35.6 Å². The number of thioether (sulfide) groups is 2. The lowest BCUT2D eigenvalue weighted by molar-refractivity contribution is -0.136. The lowest BCUT2D eigenvalue weighted by atomic mass is 10.0. The zero-order valence-corrected chi connectivity index (χ0v) is 12.4. The van der Waals surface area contributed by atoms with Crippen LogP contribution in [0.25, 0.3) is 0 Å². The summed E-state index contributed by atoms with van der Waals surface area (Å²) in [4.78, 5) is 10.8. The molecule has 104 valence electrons. The fourth-order valence-corrected chi connectivity index (χ4v) is 4.73. The number of hydrogen-bond acceptors (Lipinski definition) is 4. The highest BCUT2D eigenvalue weighted by Gasteiger charge is 2.14. The Morgan fingerprint density at radius 1 is 1.32 bits per heavy atom. The summed E-state index contributed by atoms with van der Waals surface area (Å²) < 4.78 is 0. The van der Waals surface area contributed by atoms with E-state index in [2.05, 4.69) is 5.32 Å². The lowest BCUT2D eigenvalue weighted by Gasteiger charge is -2.21. The number of aliphatic carboxylic acids is 1. The molecule has 1 aromatic rings. The van der Waals surface area contributed by atoms with Crippen LogP contribution in [0.4, 0.5) is 0 Å². The summed E-state index contributed by atoms with van der Waals surface area (Å²) in [6.07, 6.45) is 0.103. The quantitative estimate of drug-likeness (QED) is 0.843. The molecule has 2 rings (SSSR count). The molecule has 0 aliphatic carbocycles. The molecule has 0 radical (unpaired) electrons. The average Bonchev–Trinajstić information content (AvgIpc) is 2.41. The van der Waals surface area contributed by atoms with Crippen LogP contribution in [0.1, 0.15) is 11.1 Å². The summed E-state index contributed by atoms with van der Waals surface area (Å²) in [7, 11) is 0. The minimum absolute atomic E-state index is 0.103. The third-order valence-electron chi connectivity index (χ3n) is 3.03. The van der Waals surface area contributed by atoms with Crippen molar-refractivity contribution in [2.24, 2.45) is 0 Å². The Hall–Kier alpha value is -0.650. The van der Waals surface area contributed by atoms with Crippen LogP contribution in [0.15, 0.2) is 24.3 Å². The van der Waals surface area contributed by atoms with E-state index in [-0.39, 0.29) is 6.42 Å². The maximum atomic E-state index is 10.8. The van der Waals surface area contributed by atoms with Crippen molar-refractivity contribution >= 4 is 29.5 Å². The number of carbonyl (C=O) groups is 1. The molecule has 5 heteroatoms. The number of nitrogens with one attached hydrogen (secondary N) is 1. The topological polar surface area (TPSA) is 49.3 Å². The van der Waals surface area contributed by atoms with Gasteiger partial charge in [0.2, 0.25) is 0 Å². The summed E-state index contributed by atoms with van der Waals surface area (Å²) in [6, 6.07) is 7.77. The Kier molecular flexibility index (Phi) is 6.07. The van der Waals surface area contributed by atoms with Crippen LogP contribution >= 0.6 is 23.5 Å². The maximum Gasteiger partial charge on any atom is 0.307 e. The van der Waals surface area contributed by atoms with Crippen molar-refractivity contribution in [1.82, 2.24) is 5.32 Å². The van der Waals surface area contributed by atoms with Crippen molar-refractivity contribution in [3.63, 3.8) is 0 Å². The average molecular weight is 297 g/mol. The fraction of sp³-hybridized carbons (Fsp3) is 0.500. The van der Waals surface area contributed by atoms with Gasteiger partial charge in [0.15, 0.2) is 0 Å². The third kappa shape index (κ3) is 5.09. The molecule has 0 spiro atoms. The Labute approximate surface area is 122 Å². The molecular weight excluding hydrogens is 278 g/mol. The molecule has 1 saturated heterocycles. The zero-order valence-electron chi connectivity index (χ0n) is 10.8. The molecule has 1 unspecified atom stereocenters. The second-order valence-electron chi connectivity index (χ2n) is 4.54. The van der Waals surface area contributed by atoms with Gasteiger partial charge in [0.25, 0.3) is 0 Å². The third-order valence-corrected chi connectivity index (χ3v) is 5.88. The van der Waals surface area contributed by atoms with E-state index in [0.29, 0.717) is 5.25 Å². The molecule has 2 N–H and O–H groups in total. The maximum absolute atomic E-state index is 10.8. The number of rotatable bonds is 6. The second kappa shape index (κ2) is 7.82. The predicted molar refractivity (Wildman–Crippen MR) is 83.1 cm³/mol. The highest BCUT2D eigenvalue weighted by atomic mass is 32.2. The number of hydrogen-bond donors (Lipinski definition) is 2. The Balaban J connectivity index is 1.83. The van der Waals surface area contributed by atoms with Crippen molar-refractivity contribution in [3.05, 3.63) is 35.4 Å². The van der Waals surface area contributed by atoms with Gasteiger partial charge >= 0.3 is 5.97 Å². The normalized spacial score (nSPS) is 19.3. The van der Waals surface area contributed by atoms with Gasteiger partial charge < -0.3 is 10.4 Å².